The summed E-state index contributed by atoms with van der Waals surface area (Å²) in [7, 11) is 0. The normalized spacial score (nSPS) is 10.6. The molecule has 0 bridgehead atoms. The van der Waals surface area contributed by atoms with Gasteiger partial charge in [0, 0.05) is 48.4 Å². The number of hydrogen-bond acceptors (Lipinski definition) is 7. The Kier molecular flexibility index (Phi) is 5.04. The average Bonchev–Trinajstić information content (AvgIpc) is 2.93. The standard InChI is InChI=1S/C13H17N5O2S/c1-9(2)12-16-13(21-17-12)15-8-7-14-10-3-5-11(6-4-10)18(19)20/h3-6,9,14H,7-8H2,1-2H3,(H,15,16,17). The second-order valence-corrected chi connectivity index (χ2v) is 5.52. The maximum absolute atomic E-state index is 10.5. The van der Waals surface area contributed by atoms with Crippen molar-refractivity contribution in [1.29, 1.82) is 0 Å². The van der Waals surface area contributed by atoms with E-state index in [9.17, 15) is 10.1 Å². The maximum atomic E-state index is 10.5. The van der Waals surface area contributed by atoms with Crippen LogP contribution in [0.1, 0.15) is 25.6 Å². The minimum absolute atomic E-state index is 0.0914. The molecule has 0 aliphatic carbocycles. The monoisotopic (exact) mass is 307 g/mol. The summed E-state index contributed by atoms with van der Waals surface area (Å²) in [6.45, 7) is 5.50. The predicted octanol–water partition coefficient (Wildman–Crippen LogP) is 3.09. The highest BCUT2D eigenvalue weighted by atomic mass is 32.1. The zero-order valence-corrected chi connectivity index (χ0v) is 12.7. The van der Waals surface area contributed by atoms with Crippen molar-refractivity contribution in [1.82, 2.24) is 9.36 Å². The topological polar surface area (TPSA) is 93.0 Å². The van der Waals surface area contributed by atoms with Crippen LogP contribution in [0, 0.1) is 10.1 Å². The Bertz CT molecular complexity index is 597. The van der Waals surface area contributed by atoms with Gasteiger partial charge in [-0.25, -0.2) is 4.98 Å². The zero-order valence-electron chi connectivity index (χ0n) is 11.9. The summed E-state index contributed by atoms with van der Waals surface area (Å²) < 4.78 is 4.26. The van der Waals surface area contributed by atoms with Gasteiger partial charge >= 0.3 is 0 Å². The van der Waals surface area contributed by atoms with Crippen LogP contribution in [0.2, 0.25) is 0 Å². The second kappa shape index (κ2) is 6.98. The first-order chi connectivity index (χ1) is 10.1. The molecule has 0 radical (unpaired) electrons. The van der Waals surface area contributed by atoms with Gasteiger partial charge in [-0.2, -0.15) is 4.37 Å². The molecule has 0 saturated heterocycles. The van der Waals surface area contributed by atoms with Crippen molar-refractivity contribution in [3.05, 3.63) is 40.2 Å². The Balaban J connectivity index is 1.75. The molecule has 0 amide bonds. The quantitative estimate of drug-likeness (QED) is 0.464. The predicted molar refractivity (Wildman–Crippen MR) is 84.1 cm³/mol. The summed E-state index contributed by atoms with van der Waals surface area (Å²) in [5.74, 6) is 1.18. The number of nitro benzene ring substituents is 1. The molecule has 0 unspecified atom stereocenters. The number of non-ortho nitro benzene ring substituents is 1. The number of aromatic nitrogens is 2. The molecule has 0 spiro atoms. The Morgan fingerprint density at radius 2 is 1.90 bits per heavy atom. The number of nitrogens with zero attached hydrogens (tertiary/aromatic N) is 3. The largest absolute Gasteiger partial charge is 0.383 e. The van der Waals surface area contributed by atoms with Crippen LogP contribution in [-0.4, -0.2) is 27.4 Å². The third-order valence-electron chi connectivity index (χ3n) is 2.77. The lowest BCUT2D eigenvalue weighted by atomic mass is 10.2. The molecule has 112 valence electrons. The van der Waals surface area contributed by atoms with Crippen molar-refractivity contribution >= 4 is 28.0 Å². The summed E-state index contributed by atoms with van der Waals surface area (Å²) in [6.07, 6.45) is 0. The molecule has 0 aliphatic heterocycles. The first-order valence-corrected chi connectivity index (χ1v) is 7.39. The van der Waals surface area contributed by atoms with Gasteiger partial charge in [-0.1, -0.05) is 13.8 Å². The molecule has 7 nitrogen and oxygen atoms in total. The number of nitrogens with one attached hydrogen (secondary N) is 2. The fraction of sp³-hybridized carbons (Fsp3) is 0.385. The summed E-state index contributed by atoms with van der Waals surface area (Å²) >= 11 is 1.35. The van der Waals surface area contributed by atoms with Gasteiger partial charge in [0.25, 0.3) is 5.69 Å². The van der Waals surface area contributed by atoms with E-state index in [1.807, 2.05) is 0 Å². The van der Waals surface area contributed by atoms with Crippen LogP contribution >= 0.6 is 11.5 Å². The van der Waals surface area contributed by atoms with Crippen molar-refractivity contribution in [2.24, 2.45) is 0 Å². The highest BCUT2D eigenvalue weighted by molar-refractivity contribution is 7.09. The lowest BCUT2D eigenvalue weighted by molar-refractivity contribution is -0.384. The van der Waals surface area contributed by atoms with Crippen LogP contribution in [0.5, 0.6) is 0 Å². The number of nitro groups is 1. The van der Waals surface area contributed by atoms with Gasteiger partial charge in [0.05, 0.1) is 4.92 Å². The Hall–Kier alpha value is -2.22. The van der Waals surface area contributed by atoms with Gasteiger partial charge in [-0.3, -0.25) is 10.1 Å². The molecule has 1 aromatic carbocycles. The van der Waals surface area contributed by atoms with Crippen LogP contribution in [0.3, 0.4) is 0 Å². The maximum Gasteiger partial charge on any atom is 0.269 e. The van der Waals surface area contributed by atoms with Gasteiger partial charge in [0.2, 0.25) is 5.13 Å². The molecular weight excluding hydrogens is 290 g/mol. The van der Waals surface area contributed by atoms with Crippen LogP contribution in [0.25, 0.3) is 0 Å². The molecule has 1 aromatic heterocycles. The summed E-state index contributed by atoms with van der Waals surface area (Å²) in [6, 6.07) is 6.35. The van der Waals surface area contributed by atoms with E-state index in [-0.39, 0.29) is 5.69 Å². The second-order valence-electron chi connectivity index (χ2n) is 4.77. The van der Waals surface area contributed by atoms with Crippen LogP contribution in [0.15, 0.2) is 24.3 Å². The van der Waals surface area contributed by atoms with Crippen molar-refractivity contribution in [2.75, 3.05) is 23.7 Å². The molecule has 2 N–H and O–H groups in total. The van der Waals surface area contributed by atoms with E-state index < -0.39 is 4.92 Å². The third-order valence-corrected chi connectivity index (χ3v) is 3.45. The first-order valence-electron chi connectivity index (χ1n) is 6.62. The van der Waals surface area contributed by atoms with Gasteiger partial charge < -0.3 is 10.6 Å². The van der Waals surface area contributed by atoms with E-state index in [4.69, 9.17) is 0 Å². The van der Waals surface area contributed by atoms with E-state index in [2.05, 4.69) is 33.8 Å². The Labute approximate surface area is 126 Å². The molecule has 2 rings (SSSR count). The molecule has 1 heterocycles. The minimum Gasteiger partial charge on any atom is -0.383 e. The van der Waals surface area contributed by atoms with Crippen molar-refractivity contribution in [3.8, 4) is 0 Å². The van der Waals surface area contributed by atoms with E-state index in [0.717, 1.165) is 16.6 Å². The summed E-state index contributed by atoms with van der Waals surface area (Å²) in [4.78, 5) is 14.5. The molecule has 8 heteroatoms. The van der Waals surface area contributed by atoms with Crippen LogP contribution in [-0.2, 0) is 0 Å². The molecule has 0 aliphatic rings. The van der Waals surface area contributed by atoms with Crippen molar-refractivity contribution < 1.29 is 4.92 Å². The fourth-order valence-corrected chi connectivity index (χ4v) is 2.35. The molecule has 0 saturated carbocycles. The Morgan fingerprint density at radius 3 is 2.48 bits per heavy atom. The molecule has 2 aromatic rings. The van der Waals surface area contributed by atoms with Gasteiger partial charge in [-0.05, 0) is 12.1 Å². The van der Waals surface area contributed by atoms with Gasteiger partial charge in [0.1, 0.15) is 5.82 Å². The van der Waals surface area contributed by atoms with Crippen molar-refractivity contribution in [2.45, 2.75) is 19.8 Å². The lowest BCUT2D eigenvalue weighted by Gasteiger charge is -2.06. The molecular formula is C13H17N5O2S. The first kappa shape index (κ1) is 15.2. The SMILES string of the molecule is CC(C)c1nsc(NCCNc2ccc([N+](=O)[O-])cc2)n1. The van der Waals surface area contributed by atoms with Crippen molar-refractivity contribution in [3.63, 3.8) is 0 Å². The fourth-order valence-electron chi connectivity index (χ4n) is 1.62. The van der Waals surface area contributed by atoms with E-state index in [1.54, 1.807) is 12.1 Å². The number of hydrogen-bond donors (Lipinski definition) is 2. The summed E-state index contributed by atoms with van der Waals surface area (Å²) in [5, 5.41) is 17.7. The minimum atomic E-state index is -0.410. The highest BCUT2D eigenvalue weighted by Gasteiger charge is 2.07. The third kappa shape index (κ3) is 4.38. The molecule has 0 fully saturated rings. The van der Waals surface area contributed by atoms with E-state index >= 15 is 0 Å². The smallest absolute Gasteiger partial charge is 0.269 e. The number of benzene rings is 1. The number of rotatable bonds is 7. The summed E-state index contributed by atoms with van der Waals surface area (Å²) in [5.41, 5.74) is 0.941. The van der Waals surface area contributed by atoms with Gasteiger partial charge in [0.15, 0.2) is 0 Å². The molecule has 21 heavy (non-hydrogen) atoms. The van der Waals surface area contributed by atoms with Gasteiger partial charge in [-0.15, -0.1) is 0 Å². The Morgan fingerprint density at radius 1 is 1.24 bits per heavy atom. The zero-order chi connectivity index (χ0) is 15.2. The van der Waals surface area contributed by atoms with E-state index in [0.29, 0.717) is 19.0 Å². The highest BCUT2D eigenvalue weighted by Crippen LogP contribution is 2.17. The van der Waals surface area contributed by atoms with Crippen LogP contribution < -0.4 is 10.6 Å². The van der Waals surface area contributed by atoms with Crippen LogP contribution in [0.4, 0.5) is 16.5 Å². The van der Waals surface area contributed by atoms with E-state index in [1.165, 1.54) is 23.7 Å². The number of anilines is 2. The average molecular weight is 307 g/mol. The lowest BCUT2D eigenvalue weighted by Crippen LogP contribution is -2.13. The molecule has 0 atom stereocenters.